The van der Waals surface area contributed by atoms with Crippen molar-refractivity contribution in [3.63, 3.8) is 0 Å². The number of rotatable bonds is 3. The van der Waals surface area contributed by atoms with Gasteiger partial charge in [0.15, 0.2) is 0 Å². The van der Waals surface area contributed by atoms with Gasteiger partial charge in [-0.3, -0.25) is 0 Å². The number of nitrogen functional groups attached to an aromatic ring is 1. The van der Waals surface area contributed by atoms with Crippen LogP contribution in [-0.4, -0.2) is 24.7 Å². The van der Waals surface area contributed by atoms with Gasteiger partial charge in [-0.2, -0.15) is 20.1 Å². The zero-order valence-corrected chi connectivity index (χ0v) is 12.0. The number of ether oxygens (including phenoxy) is 1. The average Bonchev–Trinajstić information content (AvgIpc) is 2.95. The third-order valence-electron chi connectivity index (χ3n) is 2.42. The predicted molar refractivity (Wildman–Crippen MR) is 77.9 cm³/mol. The minimum absolute atomic E-state index is 0.00980. The molecule has 0 radical (unpaired) electrons. The first kappa shape index (κ1) is 13.6. The molecule has 0 bridgehead atoms. The highest BCUT2D eigenvalue weighted by atomic mass is 35.5. The number of halogens is 2. The number of nitrogens with zero attached hydrogens (tertiary/aromatic N) is 5. The molecule has 0 aliphatic carbocycles. The van der Waals surface area contributed by atoms with E-state index in [2.05, 4.69) is 20.1 Å². The Morgan fingerprint density at radius 3 is 2.71 bits per heavy atom. The lowest BCUT2D eigenvalue weighted by atomic mass is 10.3. The molecule has 7 nitrogen and oxygen atoms in total. The Balaban J connectivity index is 1.95. The molecule has 0 spiro atoms. The van der Waals surface area contributed by atoms with Gasteiger partial charge in [-0.25, -0.2) is 4.68 Å². The van der Waals surface area contributed by atoms with Crippen molar-refractivity contribution in [2.45, 2.75) is 0 Å². The third kappa shape index (κ3) is 3.04. The van der Waals surface area contributed by atoms with Crippen LogP contribution in [0.5, 0.6) is 11.8 Å². The normalized spacial score (nSPS) is 10.6. The molecule has 0 aliphatic rings. The summed E-state index contributed by atoms with van der Waals surface area (Å²) in [5.74, 6) is 0.612. The number of hydrogen-bond acceptors (Lipinski definition) is 6. The van der Waals surface area contributed by atoms with Crippen LogP contribution in [0.1, 0.15) is 0 Å². The van der Waals surface area contributed by atoms with E-state index in [1.165, 1.54) is 4.68 Å². The van der Waals surface area contributed by atoms with E-state index in [-0.39, 0.29) is 17.9 Å². The molecule has 2 N–H and O–H groups in total. The Morgan fingerprint density at radius 1 is 1.14 bits per heavy atom. The lowest BCUT2D eigenvalue weighted by Gasteiger charge is -2.07. The summed E-state index contributed by atoms with van der Waals surface area (Å²) in [5.41, 5.74) is 5.64. The SMILES string of the molecule is Nc1nc(Oc2ccc(Cl)cc2Cl)nc(-n2cccn2)n1. The summed E-state index contributed by atoms with van der Waals surface area (Å²) in [6.45, 7) is 0. The van der Waals surface area contributed by atoms with Crippen molar-refractivity contribution in [3.8, 4) is 17.7 Å². The van der Waals surface area contributed by atoms with Gasteiger partial charge >= 0.3 is 6.01 Å². The maximum Gasteiger partial charge on any atom is 0.328 e. The van der Waals surface area contributed by atoms with E-state index in [0.29, 0.717) is 15.8 Å². The first-order valence-electron chi connectivity index (χ1n) is 5.76. The van der Waals surface area contributed by atoms with E-state index in [9.17, 15) is 0 Å². The predicted octanol–water partition coefficient (Wildman–Crippen LogP) is 2.74. The lowest BCUT2D eigenvalue weighted by molar-refractivity contribution is 0.439. The second-order valence-electron chi connectivity index (χ2n) is 3.90. The van der Waals surface area contributed by atoms with Crippen LogP contribution in [0.25, 0.3) is 5.95 Å². The van der Waals surface area contributed by atoms with Gasteiger partial charge in [0.05, 0.1) is 5.02 Å². The van der Waals surface area contributed by atoms with E-state index in [0.717, 1.165) is 0 Å². The van der Waals surface area contributed by atoms with Gasteiger partial charge in [0.25, 0.3) is 5.95 Å². The fourth-order valence-corrected chi connectivity index (χ4v) is 2.00. The molecule has 0 unspecified atom stereocenters. The van der Waals surface area contributed by atoms with E-state index in [4.69, 9.17) is 33.7 Å². The van der Waals surface area contributed by atoms with Crippen molar-refractivity contribution in [1.29, 1.82) is 0 Å². The first-order valence-corrected chi connectivity index (χ1v) is 6.52. The minimum Gasteiger partial charge on any atom is -0.423 e. The van der Waals surface area contributed by atoms with Gasteiger partial charge in [-0.15, -0.1) is 0 Å². The number of benzene rings is 1. The van der Waals surface area contributed by atoms with Crippen molar-refractivity contribution >= 4 is 29.2 Å². The monoisotopic (exact) mass is 322 g/mol. The summed E-state index contributed by atoms with van der Waals surface area (Å²) in [6.07, 6.45) is 3.27. The number of hydrogen-bond donors (Lipinski definition) is 1. The van der Waals surface area contributed by atoms with Crippen molar-refractivity contribution < 1.29 is 4.74 Å². The summed E-state index contributed by atoms with van der Waals surface area (Å²) in [4.78, 5) is 12.0. The van der Waals surface area contributed by atoms with Crippen LogP contribution >= 0.6 is 23.2 Å². The van der Waals surface area contributed by atoms with Crippen LogP contribution in [0.4, 0.5) is 5.95 Å². The number of nitrogens with two attached hydrogens (primary N) is 1. The molecule has 106 valence electrons. The van der Waals surface area contributed by atoms with Gasteiger partial charge in [-0.1, -0.05) is 23.2 Å². The highest BCUT2D eigenvalue weighted by Gasteiger charge is 2.10. The topological polar surface area (TPSA) is 91.7 Å². The summed E-state index contributed by atoms with van der Waals surface area (Å²) in [6, 6.07) is 6.55. The molecule has 0 aliphatic heterocycles. The maximum atomic E-state index is 6.03. The Bertz CT molecular complexity index is 777. The molecule has 0 saturated carbocycles. The molecule has 21 heavy (non-hydrogen) atoms. The van der Waals surface area contributed by atoms with Crippen LogP contribution in [0.15, 0.2) is 36.7 Å². The van der Waals surface area contributed by atoms with Crippen molar-refractivity contribution in [2.75, 3.05) is 5.73 Å². The summed E-state index contributed by atoms with van der Waals surface area (Å²) in [5, 5.41) is 4.85. The second-order valence-corrected chi connectivity index (χ2v) is 4.75. The smallest absolute Gasteiger partial charge is 0.328 e. The summed E-state index contributed by atoms with van der Waals surface area (Å²) in [7, 11) is 0. The van der Waals surface area contributed by atoms with Crippen molar-refractivity contribution in [1.82, 2.24) is 24.7 Å². The van der Waals surface area contributed by atoms with Crippen LogP contribution in [0.3, 0.4) is 0 Å². The Labute approximate surface area is 129 Å². The fraction of sp³-hybridized carbons (Fsp3) is 0. The molecule has 0 amide bonds. The molecule has 0 atom stereocenters. The summed E-state index contributed by atoms with van der Waals surface area (Å²) >= 11 is 11.9. The molecule has 3 aromatic rings. The first-order chi connectivity index (χ1) is 10.1. The van der Waals surface area contributed by atoms with Crippen LogP contribution in [0.2, 0.25) is 10.0 Å². The standard InChI is InChI=1S/C12H8Cl2N6O/c13-7-2-3-9(8(14)6-7)21-12-18-10(15)17-11(19-12)20-5-1-4-16-20/h1-6H,(H2,15,17,18,19). The van der Waals surface area contributed by atoms with Crippen molar-refractivity contribution in [3.05, 3.63) is 46.7 Å². The van der Waals surface area contributed by atoms with Gasteiger partial charge in [0.2, 0.25) is 5.95 Å². The Hall–Kier alpha value is -2.38. The van der Waals surface area contributed by atoms with Gasteiger partial charge in [0, 0.05) is 17.4 Å². The third-order valence-corrected chi connectivity index (χ3v) is 2.96. The fourth-order valence-electron chi connectivity index (χ4n) is 1.55. The molecule has 9 heteroatoms. The largest absolute Gasteiger partial charge is 0.423 e. The highest BCUT2D eigenvalue weighted by Crippen LogP contribution is 2.30. The number of aromatic nitrogens is 5. The molecular weight excluding hydrogens is 315 g/mol. The molecular formula is C12H8Cl2N6O. The van der Waals surface area contributed by atoms with E-state index in [1.54, 1.807) is 36.7 Å². The zero-order valence-electron chi connectivity index (χ0n) is 10.4. The summed E-state index contributed by atoms with van der Waals surface area (Å²) < 4.78 is 6.95. The lowest BCUT2D eigenvalue weighted by Crippen LogP contribution is -2.07. The van der Waals surface area contributed by atoms with Crippen LogP contribution in [-0.2, 0) is 0 Å². The van der Waals surface area contributed by atoms with Gasteiger partial charge < -0.3 is 10.5 Å². The highest BCUT2D eigenvalue weighted by molar-refractivity contribution is 6.35. The molecule has 0 fully saturated rings. The molecule has 0 saturated heterocycles. The quantitative estimate of drug-likeness (QED) is 0.797. The van der Waals surface area contributed by atoms with Crippen LogP contribution in [0, 0.1) is 0 Å². The molecule has 3 rings (SSSR count). The average molecular weight is 323 g/mol. The Kier molecular flexibility index (Phi) is 3.59. The Morgan fingerprint density at radius 2 is 2.00 bits per heavy atom. The van der Waals surface area contributed by atoms with E-state index in [1.807, 2.05) is 0 Å². The molecule has 1 aromatic carbocycles. The van der Waals surface area contributed by atoms with Gasteiger partial charge in [-0.05, 0) is 24.3 Å². The van der Waals surface area contributed by atoms with E-state index < -0.39 is 0 Å². The van der Waals surface area contributed by atoms with Crippen molar-refractivity contribution in [2.24, 2.45) is 0 Å². The van der Waals surface area contributed by atoms with E-state index >= 15 is 0 Å². The molecule has 2 aromatic heterocycles. The second kappa shape index (κ2) is 5.55. The number of anilines is 1. The maximum absolute atomic E-state index is 6.03. The van der Waals surface area contributed by atoms with Crippen LogP contribution < -0.4 is 10.5 Å². The minimum atomic E-state index is 0.00980. The van der Waals surface area contributed by atoms with Gasteiger partial charge in [0.1, 0.15) is 5.75 Å². The zero-order chi connectivity index (χ0) is 14.8. The molecule has 2 heterocycles.